The minimum atomic E-state index is -3.52. The van der Waals surface area contributed by atoms with Gasteiger partial charge in [0.15, 0.2) is 4.80 Å². The van der Waals surface area contributed by atoms with Crippen molar-refractivity contribution in [3.8, 4) is 0 Å². The number of benzene rings is 3. The van der Waals surface area contributed by atoms with E-state index in [2.05, 4.69) is 23.2 Å². The molecule has 0 N–H and O–H groups in total. The number of ether oxygens (including phenoxy) is 1. The lowest BCUT2D eigenvalue weighted by atomic mass is 10.1. The molecule has 2 heterocycles. The van der Waals surface area contributed by atoms with E-state index in [0.29, 0.717) is 36.6 Å². The molecule has 1 aliphatic rings. The van der Waals surface area contributed by atoms with E-state index in [0.717, 1.165) is 33.8 Å². The molecule has 0 saturated carbocycles. The van der Waals surface area contributed by atoms with Crippen molar-refractivity contribution in [2.75, 3.05) is 26.8 Å². The van der Waals surface area contributed by atoms with Crippen LogP contribution in [0.15, 0.2) is 70.6 Å². The number of aromatic nitrogens is 1. The highest BCUT2D eigenvalue weighted by molar-refractivity contribution is 7.89. The number of sulfonamides is 1. The molecule has 34 heavy (non-hydrogen) atoms. The minimum absolute atomic E-state index is 0.203. The normalized spacial score (nSPS) is 15.5. The van der Waals surface area contributed by atoms with E-state index in [9.17, 15) is 13.2 Å². The van der Waals surface area contributed by atoms with Gasteiger partial charge in [-0.3, -0.25) is 4.79 Å². The summed E-state index contributed by atoms with van der Waals surface area (Å²) in [6.07, 6.45) is 1.75. The molecule has 1 fully saturated rings. The van der Waals surface area contributed by atoms with Crippen molar-refractivity contribution < 1.29 is 17.9 Å². The van der Waals surface area contributed by atoms with Crippen molar-refractivity contribution in [1.29, 1.82) is 0 Å². The summed E-state index contributed by atoms with van der Waals surface area (Å²) in [5.74, 6) is -0.410. The zero-order chi connectivity index (χ0) is 23.7. The van der Waals surface area contributed by atoms with E-state index in [1.54, 1.807) is 7.11 Å². The maximum atomic E-state index is 13.0. The summed E-state index contributed by atoms with van der Waals surface area (Å²) >= 11 is 1.47. The molecule has 1 aromatic heterocycles. The lowest BCUT2D eigenvalue weighted by Gasteiger charge is -2.15. The Balaban J connectivity index is 1.53. The first-order valence-electron chi connectivity index (χ1n) is 11.2. The summed E-state index contributed by atoms with van der Waals surface area (Å²) in [5, 5.41) is 2.24. The fourth-order valence-corrected chi connectivity index (χ4v) is 6.99. The third kappa shape index (κ3) is 4.20. The van der Waals surface area contributed by atoms with Crippen LogP contribution in [0.4, 0.5) is 0 Å². The third-order valence-electron chi connectivity index (χ3n) is 6.09. The monoisotopic (exact) mass is 495 g/mol. The van der Waals surface area contributed by atoms with E-state index < -0.39 is 15.9 Å². The number of carbonyl (C=O) groups excluding carboxylic acids is 1. The number of thiazole rings is 1. The molecular formula is C25H25N3O4S2. The Kier molecular flexibility index (Phi) is 6.35. The van der Waals surface area contributed by atoms with Gasteiger partial charge in [-0.15, -0.1) is 0 Å². The van der Waals surface area contributed by atoms with Crippen molar-refractivity contribution in [3.63, 3.8) is 0 Å². The van der Waals surface area contributed by atoms with Gasteiger partial charge in [-0.25, -0.2) is 8.42 Å². The van der Waals surface area contributed by atoms with Crippen LogP contribution in [0.3, 0.4) is 0 Å². The van der Waals surface area contributed by atoms with Gasteiger partial charge in [0.1, 0.15) is 0 Å². The number of nitrogens with zero attached hydrogens (tertiary/aromatic N) is 3. The number of carbonyl (C=O) groups is 1. The van der Waals surface area contributed by atoms with Crippen LogP contribution in [0.5, 0.6) is 0 Å². The number of hydrogen-bond acceptors (Lipinski definition) is 5. The zero-order valence-electron chi connectivity index (χ0n) is 18.8. The Morgan fingerprint density at radius 2 is 1.76 bits per heavy atom. The summed E-state index contributed by atoms with van der Waals surface area (Å²) < 4.78 is 35.4. The first-order chi connectivity index (χ1) is 16.5. The molecule has 0 unspecified atom stereocenters. The molecule has 7 nitrogen and oxygen atoms in total. The number of hydrogen-bond donors (Lipinski definition) is 0. The van der Waals surface area contributed by atoms with Gasteiger partial charge in [0.2, 0.25) is 10.0 Å². The van der Waals surface area contributed by atoms with E-state index in [1.807, 2.05) is 22.8 Å². The van der Waals surface area contributed by atoms with Crippen LogP contribution in [0.1, 0.15) is 23.2 Å². The fourth-order valence-electron chi connectivity index (χ4n) is 4.28. The van der Waals surface area contributed by atoms with Gasteiger partial charge in [-0.05, 0) is 48.6 Å². The van der Waals surface area contributed by atoms with Crippen LogP contribution in [-0.2, 0) is 21.3 Å². The molecule has 0 spiro atoms. The van der Waals surface area contributed by atoms with Crippen molar-refractivity contribution in [2.24, 2.45) is 4.99 Å². The van der Waals surface area contributed by atoms with Crippen LogP contribution in [0.25, 0.3) is 21.0 Å². The van der Waals surface area contributed by atoms with E-state index in [1.165, 1.54) is 39.9 Å². The van der Waals surface area contributed by atoms with Crippen LogP contribution in [0, 0.1) is 0 Å². The number of methoxy groups -OCH3 is 1. The predicted molar refractivity (Wildman–Crippen MR) is 134 cm³/mol. The van der Waals surface area contributed by atoms with E-state index in [4.69, 9.17) is 4.74 Å². The average molecular weight is 496 g/mol. The van der Waals surface area contributed by atoms with Gasteiger partial charge >= 0.3 is 0 Å². The van der Waals surface area contributed by atoms with Gasteiger partial charge in [-0.2, -0.15) is 9.30 Å². The second-order valence-corrected chi connectivity index (χ2v) is 11.1. The summed E-state index contributed by atoms with van der Waals surface area (Å²) in [6.45, 7) is 2.14. The molecule has 4 aromatic rings. The summed E-state index contributed by atoms with van der Waals surface area (Å²) in [7, 11) is -1.88. The Morgan fingerprint density at radius 3 is 2.50 bits per heavy atom. The Bertz CT molecular complexity index is 1530. The standard InChI is InChI=1S/C25H25N3O4S2/c1-32-17-16-28-22-13-10-18-6-2-3-7-21(18)23(22)33-25(28)26-24(29)19-8-11-20(12-9-19)34(30,31)27-14-4-5-15-27/h2-3,6-13H,4-5,14-17H2,1H3. The molecule has 0 radical (unpaired) electrons. The SMILES string of the molecule is COCCn1c(=NC(=O)c2ccc(S(=O)(=O)N3CCCC3)cc2)sc2c3ccccc3ccc21. The highest BCUT2D eigenvalue weighted by atomic mass is 32.2. The Morgan fingerprint density at radius 1 is 1.03 bits per heavy atom. The molecule has 0 bridgehead atoms. The first-order valence-corrected chi connectivity index (χ1v) is 13.4. The molecule has 5 rings (SSSR count). The number of rotatable bonds is 6. The maximum absolute atomic E-state index is 13.0. The second kappa shape index (κ2) is 9.42. The summed E-state index contributed by atoms with van der Waals surface area (Å²) in [5.41, 5.74) is 1.35. The van der Waals surface area contributed by atoms with Crippen LogP contribution < -0.4 is 4.80 Å². The van der Waals surface area contributed by atoms with Gasteiger partial charge in [-0.1, -0.05) is 41.7 Å². The van der Waals surface area contributed by atoms with Gasteiger partial charge < -0.3 is 9.30 Å². The first kappa shape index (κ1) is 22.9. The molecule has 9 heteroatoms. The van der Waals surface area contributed by atoms with Gasteiger partial charge in [0.25, 0.3) is 5.91 Å². The zero-order valence-corrected chi connectivity index (χ0v) is 20.4. The summed E-state index contributed by atoms with van der Waals surface area (Å²) in [4.78, 5) is 18.2. The van der Waals surface area contributed by atoms with E-state index >= 15 is 0 Å². The van der Waals surface area contributed by atoms with Crippen LogP contribution in [-0.4, -0.2) is 50.0 Å². The van der Waals surface area contributed by atoms with Crippen molar-refractivity contribution in [3.05, 3.63) is 71.0 Å². The van der Waals surface area contributed by atoms with Crippen molar-refractivity contribution in [1.82, 2.24) is 8.87 Å². The van der Waals surface area contributed by atoms with Gasteiger partial charge in [0.05, 0.1) is 21.7 Å². The van der Waals surface area contributed by atoms with Crippen LogP contribution >= 0.6 is 11.3 Å². The number of amides is 1. The molecule has 1 aliphatic heterocycles. The number of fused-ring (bicyclic) bond motifs is 3. The second-order valence-electron chi connectivity index (χ2n) is 8.22. The lowest BCUT2D eigenvalue weighted by Crippen LogP contribution is -2.27. The largest absolute Gasteiger partial charge is 0.383 e. The highest BCUT2D eigenvalue weighted by Gasteiger charge is 2.27. The van der Waals surface area contributed by atoms with E-state index in [-0.39, 0.29) is 4.90 Å². The third-order valence-corrected chi connectivity index (χ3v) is 9.13. The van der Waals surface area contributed by atoms with Crippen LogP contribution in [0.2, 0.25) is 0 Å². The topological polar surface area (TPSA) is 81.0 Å². The Hall–Kier alpha value is -2.85. The lowest BCUT2D eigenvalue weighted by molar-refractivity contribution is 0.0997. The molecular weight excluding hydrogens is 470 g/mol. The molecule has 1 amide bonds. The van der Waals surface area contributed by atoms with Crippen molar-refractivity contribution in [2.45, 2.75) is 24.3 Å². The minimum Gasteiger partial charge on any atom is -0.383 e. The molecule has 0 atom stereocenters. The highest BCUT2D eigenvalue weighted by Crippen LogP contribution is 2.28. The predicted octanol–water partition coefficient (Wildman–Crippen LogP) is 4.03. The quantitative estimate of drug-likeness (QED) is 0.405. The average Bonchev–Trinajstić information content (AvgIpc) is 3.52. The fraction of sp³-hybridized carbons (Fsp3) is 0.280. The van der Waals surface area contributed by atoms with Crippen molar-refractivity contribution >= 4 is 48.3 Å². The smallest absolute Gasteiger partial charge is 0.279 e. The molecule has 1 saturated heterocycles. The maximum Gasteiger partial charge on any atom is 0.279 e. The summed E-state index contributed by atoms with van der Waals surface area (Å²) in [6, 6.07) is 18.3. The Labute approximate surface area is 202 Å². The molecule has 0 aliphatic carbocycles. The molecule has 176 valence electrons. The molecule has 3 aromatic carbocycles. The van der Waals surface area contributed by atoms with Gasteiger partial charge in [0, 0.05) is 37.7 Å².